The molecule has 1 unspecified atom stereocenters. The summed E-state index contributed by atoms with van der Waals surface area (Å²) < 4.78 is 38.4. The highest BCUT2D eigenvalue weighted by Gasteiger charge is 2.36. The molecular weight excluding hydrogens is 215 g/mol. The molecule has 0 aromatic heterocycles. The molecule has 1 saturated heterocycles. The van der Waals surface area contributed by atoms with Gasteiger partial charge in [0.25, 0.3) is 0 Å². The Hall–Kier alpha value is -1.03. The first-order valence-electron chi connectivity index (χ1n) is 5.36. The monoisotopic (exact) mass is 229 g/mol. The van der Waals surface area contributed by atoms with Crippen molar-refractivity contribution in [2.75, 3.05) is 13.6 Å². The molecule has 88 valence electrons. The van der Waals surface area contributed by atoms with Crippen LogP contribution in [0.5, 0.6) is 0 Å². The minimum atomic E-state index is -4.25. The van der Waals surface area contributed by atoms with Gasteiger partial charge >= 0.3 is 6.18 Å². The molecule has 0 radical (unpaired) electrons. The highest BCUT2D eigenvalue weighted by molar-refractivity contribution is 5.32. The summed E-state index contributed by atoms with van der Waals surface area (Å²) in [6.07, 6.45) is -2.48. The van der Waals surface area contributed by atoms with Crippen LogP contribution in [-0.2, 0) is 6.18 Å². The van der Waals surface area contributed by atoms with Crippen molar-refractivity contribution in [2.24, 2.45) is 0 Å². The quantitative estimate of drug-likeness (QED) is 0.712. The van der Waals surface area contributed by atoms with E-state index >= 15 is 0 Å². The third-order valence-electron chi connectivity index (χ3n) is 3.15. The van der Waals surface area contributed by atoms with Crippen LogP contribution in [0, 0.1) is 0 Å². The normalized spacial score (nSPS) is 22.6. The van der Waals surface area contributed by atoms with Crippen molar-refractivity contribution >= 4 is 0 Å². The van der Waals surface area contributed by atoms with Gasteiger partial charge in [-0.1, -0.05) is 18.2 Å². The van der Waals surface area contributed by atoms with E-state index in [2.05, 4.69) is 0 Å². The summed E-state index contributed by atoms with van der Waals surface area (Å²) >= 11 is 0. The Labute approximate surface area is 92.9 Å². The van der Waals surface area contributed by atoms with Crippen LogP contribution in [0.3, 0.4) is 0 Å². The van der Waals surface area contributed by atoms with E-state index < -0.39 is 11.7 Å². The summed E-state index contributed by atoms with van der Waals surface area (Å²) in [5, 5.41) is 0. The number of benzene rings is 1. The van der Waals surface area contributed by atoms with Crippen LogP contribution in [0.25, 0.3) is 0 Å². The van der Waals surface area contributed by atoms with Gasteiger partial charge in [0.2, 0.25) is 0 Å². The standard InChI is InChI=1S/C12H14F3N/c1-16-8-4-7-11(16)9-5-2-3-6-10(9)12(13,14)15/h2-3,5-6,11H,4,7-8H2,1H3. The summed E-state index contributed by atoms with van der Waals surface area (Å²) in [5.41, 5.74) is -0.0799. The average molecular weight is 229 g/mol. The molecule has 0 bridgehead atoms. The van der Waals surface area contributed by atoms with E-state index in [1.54, 1.807) is 12.1 Å². The lowest BCUT2D eigenvalue weighted by Crippen LogP contribution is -2.21. The topological polar surface area (TPSA) is 3.24 Å². The maximum absolute atomic E-state index is 12.8. The average Bonchev–Trinajstić information content (AvgIpc) is 2.63. The Balaban J connectivity index is 2.40. The van der Waals surface area contributed by atoms with Crippen LogP contribution in [0.2, 0.25) is 0 Å². The molecule has 16 heavy (non-hydrogen) atoms. The fraction of sp³-hybridized carbons (Fsp3) is 0.500. The van der Waals surface area contributed by atoms with Gasteiger partial charge in [0.1, 0.15) is 0 Å². The number of alkyl halides is 3. The summed E-state index contributed by atoms with van der Waals surface area (Å²) in [4.78, 5) is 1.99. The molecule has 1 heterocycles. The molecule has 1 aliphatic heterocycles. The maximum Gasteiger partial charge on any atom is 0.416 e. The lowest BCUT2D eigenvalue weighted by atomic mass is 9.98. The molecular formula is C12H14F3N. The first kappa shape index (κ1) is 11.5. The van der Waals surface area contributed by atoms with E-state index in [1.165, 1.54) is 12.1 Å². The highest BCUT2D eigenvalue weighted by Crippen LogP contribution is 2.39. The van der Waals surface area contributed by atoms with Crippen molar-refractivity contribution < 1.29 is 13.2 Å². The van der Waals surface area contributed by atoms with Gasteiger partial charge in [0.05, 0.1) is 5.56 Å². The number of rotatable bonds is 1. The highest BCUT2D eigenvalue weighted by atomic mass is 19.4. The van der Waals surface area contributed by atoms with Gasteiger partial charge in [-0.2, -0.15) is 13.2 Å². The Bertz CT molecular complexity index is 373. The molecule has 0 amide bonds. The molecule has 2 rings (SSSR count). The molecule has 1 nitrogen and oxygen atoms in total. The molecule has 1 aromatic carbocycles. The molecule has 1 aliphatic rings. The second-order valence-electron chi connectivity index (χ2n) is 4.22. The minimum absolute atomic E-state index is 0.0853. The van der Waals surface area contributed by atoms with E-state index in [9.17, 15) is 13.2 Å². The number of hydrogen-bond donors (Lipinski definition) is 0. The minimum Gasteiger partial charge on any atom is -0.299 e. The van der Waals surface area contributed by atoms with Gasteiger partial charge in [-0.15, -0.1) is 0 Å². The molecule has 0 N–H and O–H groups in total. The van der Waals surface area contributed by atoms with Crippen molar-refractivity contribution in [3.05, 3.63) is 35.4 Å². The van der Waals surface area contributed by atoms with Gasteiger partial charge in [-0.25, -0.2) is 0 Å². The van der Waals surface area contributed by atoms with Crippen LogP contribution in [0.4, 0.5) is 13.2 Å². The Morgan fingerprint density at radius 1 is 1.25 bits per heavy atom. The van der Waals surface area contributed by atoms with Crippen LogP contribution < -0.4 is 0 Å². The largest absolute Gasteiger partial charge is 0.416 e. The van der Waals surface area contributed by atoms with Crippen LogP contribution in [0.15, 0.2) is 24.3 Å². The van der Waals surface area contributed by atoms with Crippen molar-refractivity contribution in [3.63, 3.8) is 0 Å². The number of hydrogen-bond acceptors (Lipinski definition) is 1. The van der Waals surface area contributed by atoms with E-state index in [0.717, 1.165) is 19.4 Å². The fourth-order valence-electron chi connectivity index (χ4n) is 2.35. The Morgan fingerprint density at radius 3 is 2.50 bits per heavy atom. The Kier molecular flexibility index (Phi) is 2.93. The predicted octanol–water partition coefficient (Wildman–Crippen LogP) is 3.47. The third-order valence-corrected chi connectivity index (χ3v) is 3.15. The maximum atomic E-state index is 12.8. The van der Waals surface area contributed by atoms with E-state index in [1.807, 2.05) is 11.9 Å². The third kappa shape index (κ3) is 2.07. The summed E-state index contributed by atoms with van der Waals surface area (Å²) in [5.74, 6) is 0. The Morgan fingerprint density at radius 2 is 1.94 bits per heavy atom. The molecule has 4 heteroatoms. The van der Waals surface area contributed by atoms with Gasteiger partial charge in [0.15, 0.2) is 0 Å². The van der Waals surface area contributed by atoms with Gasteiger partial charge in [0, 0.05) is 6.04 Å². The zero-order valence-electron chi connectivity index (χ0n) is 9.09. The number of nitrogens with zero attached hydrogens (tertiary/aromatic N) is 1. The van der Waals surface area contributed by atoms with Crippen LogP contribution in [-0.4, -0.2) is 18.5 Å². The van der Waals surface area contributed by atoms with Crippen molar-refractivity contribution in [1.82, 2.24) is 4.90 Å². The first-order valence-corrected chi connectivity index (χ1v) is 5.36. The summed E-state index contributed by atoms with van der Waals surface area (Å²) in [6.45, 7) is 0.872. The summed E-state index contributed by atoms with van der Waals surface area (Å²) in [7, 11) is 1.88. The number of likely N-dealkylation sites (tertiary alicyclic amines) is 1. The number of halogens is 3. The molecule has 0 saturated carbocycles. The smallest absolute Gasteiger partial charge is 0.299 e. The second-order valence-corrected chi connectivity index (χ2v) is 4.22. The molecule has 1 atom stereocenters. The molecule has 1 fully saturated rings. The zero-order chi connectivity index (χ0) is 11.8. The lowest BCUT2D eigenvalue weighted by molar-refractivity contribution is -0.138. The van der Waals surface area contributed by atoms with Gasteiger partial charge in [-0.3, -0.25) is 4.90 Å². The lowest BCUT2D eigenvalue weighted by Gasteiger charge is -2.23. The molecule has 0 aliphatic carbocycles. The summed E-state index contributed by atoms with van der Waals surface area (Å²) in [6, 6.07) is 5.80. The first-order chi connectivity index (χ1) is 7.50. The van der Waals surface area contributed by atoms with Crippen molar-refractivity contribution in [3.8, 4) is 0 Å². The van der Waals surface area contributed by atoms with E-state index in [4.69, 9.17) is 0 Å². The van der Waals surface area contributed by atoms with Gasteiger partial charge < -0.3 is 0 Å². The van der Waals surface area contributed by atoms with Gasteiger partial charge in [-0.05, 0) is 38.1 Å². The van der Waals surface area contributed by atoms with Crippen molar-refractivity contribution in [2.45, 2.75) is 25.1 Å². The van der Waals surface area contributed by atoms with E-state index in [0.29, 0.717) is 5.56 Å². The van der Waals surface area contributed by atoms with Crippen LogP contribution >= 0.6 is 0 Å². The van der Waals surface area contributed by atoms with E-state index in [-0.39, 0.29) is 6.04 Å². The molecule has 0 spiro atoms. The zero-order valence-corrected chi connectivity index (χ0v) is 9.09. The van der Waals surface area contributed by atoms with Crippen molar-refractivity contribution in [1.29, 1.82) is 0 Å². The SMILES string of the molecule is CN1CCCC1c1ccccc1C(F)(F)F. The van der Waals surface area contributed by atoms with Crippen LogP contribution in [0.1, 0.15) is 30.0 Å². The second kappa shape index (κ2) is 4.09. The predicted molar refractivity (Wildman–Crippen MR) is 56.0 cm³/mol. The fourth-order valence-corrected chi connectivity index (χ4v) is 2.35. The molecule has 1 aromatic rings.